The number of nitrogen functional groups attached to an aromatic ring is 1. The van der Waals surface area contributed by atoms with Gasteiger partial charge in [0.1, 0.15) is 12.5 Å². The van der Waals surface area contributed by atoms with Crippen molar-refractivity contribution < 1.29 is 4.39 Å². The van der Waals surface area contributed by atoms with E-state index in [1.165, 1.54) is 18.1 Å². The molecule has 26 heavy (non-hydrogen) atoms. The first-order valence-corrected chi connectivity index (χ1v) is 10.3. The van der Waals surface area contributed by atoms with Gasteiger partial charge in [-0.05, 0) is 71.7 Å². The van der Waals surface area contributed by atoms with Crippen LogP contribution in [0.1, 0.15) is 30.1 Å². The molecule has 2 heterocycles. The molecule has 6 nitrogen and oxygen atoms in total. The third kappa shape index (κ3) is 3.16. The third-order valence-corrected chi connectivity index (χ3v) is 6.82. The van der Waals surface area contributed by atoms with Crippen molar-refractivity contribution in [3.63, 3.8) is 0 Å². The summed E-state index contributed by atoms with van der Waals surface area (Å²) in [6.07, 6.45) is 2.74. The molecule has 1 atom stereocenters. The Balaban J connectivity index is 1.78. The van der Waals surface area contributed by atoms with Gasteiger partial charge in [0.25, 0.3) is 0 Å². The number of rotatable bonds is 5. The quantitative estimate of drug-likeness (QED) is 0.539. The molecular formula is C17H18FIN6S. The van der Waals surface area contributed by atoms with Crippen LogP contribution in [0, 0.1) is 3.57 Å². The first-order chi connectivity index (χ1) is 12.6. The van der Waals surface area contributed by atoms with Gasteiger partial charge in [0.15, 0.2) is 22.1 Å². The molecule has 0 saturated heterocycles. The van der Waals surface area contributed by atoms with E-state index < -0.39 is 6.17 Å². The van der Waals surface area contributed by atoms with E-state index in [0.717, 1.165) is 37.6 Å². The van der Waals surface area contributed by atoms with Crippen LogP contribution in [0.3, 0.4) is 0 Å². The number of hydrogen-bond donors (Lipinski definition) is 2. The average molecular weight is 484 g/mol. The third-order valence-electron chi connectivity index (χ3n) is 4.51. The maximum atomic E-state index is 14.2. The Labute approximate surface area is 168 Å². The number of nitrogens with two attached hydrogens (primary N) is 2. The molecule has 3 aromatic rings. The fourth-order valence-corrected chi connectivity index (χ4v) is 5.02. The number of halogens is 2. The number of imidazole rings is 1. The van der Waals surface area contributed by atoms with E-state index in [-0.39, 0.29) is 0 Å². The molecule has 1 unspecified atom stereocenters. The molecule has 0 saturated carbocycles. The van der Waals surface area contributed by atoms with Crippen LogP contribution in [-0.4, -0.2) is 26.1 Å². The van der Waals surface area contributed by atoms with Crippen LogP contribution in [0.5, 0.6) is 0 Å². The lowest BCUT2D eigenvalue weighted by molar-refractivity contribution is 0.343. The smallest absolute Gasteiger partial charge is 0.175 e. The zero-order valence-electron chi connectivity index (χ0n) is 14.0. The van der Waals surface area contributed by atoms with E-state index in [0.29, 0.717) is 36.5 Å². The van der Waals surface area contributed by atoms with Gasteiger partial charge in [0, 0.05) is 15.0 Å². The van der Waals surface area contributed by atoms with Crippen molar-refractivity contribution in [1.29, 1.82) is 0 Å². The first-order valence-electron chi connectivity index (χ1n) is 8.39. The number of hydrogen-bond acceptors (Lipinski definition) is 6. The van der Waals surface area contributed by atoms with Gasteiger partial charge in [-0.3, -0.25) is 0 Å². The Morgan fingerprint density at radius 1 is 1.35 bits per heavy atom. The second kappa shape index (κ2) is 7.28. The summed E-state index contributed by atoms with van der Waals surface area (Å²) < 4.78 is 17.3. The van der Waals surface area contributed by atoms with Crippen LogP contribution in [-0.2, 0) is 13.0 Å². The molecule has 0 spiro atoms. The lowest BCUT2D eigenvalue weighted by Crippen LogP contribution is -2.07. The van der Waals surface area contributed by atoms with E-state index in [2.05, 4.69) is 43.6 Å². The molecule has 0 bridgehead atoms. The Hall–Kier alpha value is -1.46. The zero-order valence-corrected chi connectivity index (χ0v) is 16.9. The summed E-state index contributed by atoms with van der Waals surface area (Å²) in [6, 6.07) is 4.04. The van der Waals surface area contributed by atoms with E-state index in [4.69, 9.17) is 11.5 Å². The maximum absolute atomic E-state index is 14.2. The van der Waals surface area contributed by atoms with Crippen LogP contribution in [0.15, 0.2) is 28.5 Å². The fraction of sp³-hybridized carbons (Fsp3) is 0.353. The lowest BCUT2D eigenvalue weighted by atomic mass is 10.1. The number of anilines is 1. The number of aromatic nitrogens is 4. The summed E-state index contributed by atoms with van der Waals surface area (Å²) in [7, 11) is 0. The molecule has 1 aromatic carbocycles. The van der Waals surface area contributed by atoms with E-state index in [1.54, 1.807) is 0 Å². The van der Waals surface area contributed by atoms with Crippen LogP contribution >= 0.6 is 34.4 Å². The summed E-state index contributed by atoms with van der Waals surface area (Å²) in [5, 5.41) is 0.770. The molecule has 136 valence electrons. The summed E-state index contributed by atoms with van der Waals surface area (Å²) in [6.45, 7) is 1.27. The molecule has 1 aliphatic carbocycles. The van der Waals surface area contributed by atoms with Crippen molar-refractivity contribution in [2.24, 2.45) is 5.73 Å². The fourth-order valence-electron chi connectivity index (χ4n) is 3.20. The summed E-state index contributed by atoms with van der Waals surface area (Å²) >= 11 is 3.81. The number of aryl methyl sites for hydroxylation is 2. The molecule has 9 heteroatoms. The zero-order chi connectivity index (χ0) is 18.3. The highest BCUT2D eigenvalue weighted by molar-refractivity contribution is 14.1. The minimum Gasteiger partial charge on any atom is -0.382 e. The van der Waals surface area contributed by atoms with Gasteiger partial charge in [-0.1, -0.05) is 11.8 Å². The Bertz CT molecular complexity index is 976. The molecule has 4 rings (SSSR count). The van der Waals surface area contributed by atoms with Crippen molar-refractivity contribution in [2.75, 3.05) is 12.3 Å². The van der Waals surface area contributed by atoms with Gasteiger partial charge in [-0.15, -0.1) is 0 Å². The van der Waals surface area contributed by atoms with E-state index in [9.17, 15) is 4.39 Å². The van der Waals surface area contributed by atoms with E-state index >= 15 is 0 Å². The molecule has 4 N–H and O–H groups in total. The van der Waals surface area contributed by atoms with Gasteiger partial charge in [-0.2, -0.15) is 0 Å². The highest BCUT2D eigenvalue weighted by Crippen LogP contribution is 2.41. The highest BCUT2D eigenvalue weighted by Gasteiger charge is 2.24. The topological polar surface area (TPSA) is 95.6 Å². The molecular weight excluding hydrogens is 466 g/mol. The Morgan fingerprint density at radius 2 is 2.19 bits per heavy atom. The van der Waals surface area contributed by atoms with Gasteiger partial charge in [0.2, 0.25) is 0 Å². The molecule has 0 amide bonds. The van der Waals surface area contributed by atoms with Crippen molar-refractivity contribution in [2.45, 2.75) is 42.0 Å². The monoisotopic (exact) mass is 484 g/mol. The van der Waals surface area contributed by atoms with Crippen LogP contribution < -0.4 is 11.5 Å². The van der Waals surface area contributed by atoms with Crippen LogP contribution in [0.4, 0.5) is 10.2 Å². The molecule has 2 aromatic heterocycles. The Morgan fingerprint density at radius 3 is 3.00 bits per heavy atom. The Kier molecular flexibility index (Phi) is 5.02. The second-order valence-electron chi connectivity index (χ2n) is 6.21. The van der Waals surface area contributed by atoms with Gasteiger partial charge >= 0.3 is 0 Å². The number of alkyl halides is 1. The average Bonchev–Trinajstić information content (AvgIpc) is 3.15. The van der Waals surface area contributed by atoms with Crippen LogP contribution in [0.25, 0.3) is 11.2 Å². The summed E-state index contributed by atoms with van der Waals surface area (Å²) in [5.41, 5.74) is 14.9. The maximum Gasteiger partial charge on any atom is 0.175 e. The number of nitrogens with zero attached hydrogens (tertiary/aromatic N) is 4. The van der Waals surface area contributed by atoms with Crippen molar-refractivity contribution in [1.82, 2.24) is 19.5 Å². The van der Waals surface area contributed by atoms with Crippen molar-refractivity contribution in [3.8, 4) is 0 Å². The highest BCUT2D eigenvalue weighted by atomic mass is 127. The van der Waals surface area contributed by atoms with Gasteiger partial charge < -0.3 is 16.0 Å². The normalized spacial score (nSPS) is 16.3. The molecule has 0 radical (unpaired) electrons. The molecule has 0 aliphatic heterocycles. The summed E-state index contributed by atoms with van der Waals surface area (Å²) in [4.78, 5) is 14.0. The van der Waals surface area contributed by atoms with Crippen LogP contribution in [0.2, 0.25) is 0 Å². The van der Waals surface area contributed by atoms with Crippen molar-refractivity contribution in [3.05, 3.63) is 33.2 Å². The lowest BCUT2D eigenvalue weighted by Gasteiger charge is -2.11. The second-order valence-corrected chi connectivity index (χ2v) is 8.38. The van der Waals surface area contributed by atoms with E-state index in [1.807, 2.05) is 10.6 Å². The minimum atomic E-state index is -0.876. The number of benzene rings is 1. The van der Waals surface area contributed by atoms with Crippen molar-refractivity contribution >= 4 is 51.3 Å². The SMILES string of the molecule is NCCCn1c(Sc2cc3c(cc2I)CCC3F)nc2c(N)ncnc21. The predicted octanol–water partition coefficient (Wildman–Crippen LogP) is 3.47. The first kappa shape index (κ1) is 17.9. The van der Waals surface area contributed by atoms with Gasteiger partial charge in [-0.25, -0.2) is 19.3 Å². The van der Waals surface area contributed by atoms with Gasteiger partial charge in [0.05, 0.1) is 0 Å². The minimum absolute atomic E-state index is 0.357. The predicted molar refractivity (Wildman–Crippen MR) is 109 cm³/mol. The number of fused-ring (bicyclic) bond motifs is 2. The standard InChI is InChI=1S/C17H18FIN6S/c18-11-3-2-9-6-12(19)13(7-10(9)11)26-17-24-14-15(21)22-8-23-16(14)25(17)5-1-4-20/h6-8,11H,1-5,20H2,(H2,21,22,23). The molecule has 1 aliphatic rings. The molecule has 0 fully saturated rings. The summed E-state index contributed by atoms with van der Waals surface area (Å²) in [5.74, 6) is 0.357. The largest absolute Gasteiger partial charge is 0.382 e.